The minimum absolute atomic E-state index is 0.0903. The topological polar surface area (TPSA) is 97.5 Å². The molecule has 1 amide bonds. The van der Waals surface area contributed by atoms with Gasteiger partial charge >= 0.3 is 5.91 Å². The van der Waals surface area contributed by atoms with Gasteiger partial charge in [0.2, 0.25) is 5.13 Å². The third kappa shape index (κ3) is 3.37. The molecule has 2 aromatic heterocycles. The predicted octanol–water partition coefficient (Wildman–Crippen LogP) is 3.24. The SMILES string of the molecule is CC(C)c1nnc(N2C(=O)C(=O)C(=C(O)c3ccc(F)cc3)C2c2ccc[nH+]c2)s1. The van der Waals surface area contributed by atoms with E-state index in [-0.39, 0.29) is 27.9 Å². The summed E-state index contributed by atoms with van der Waals surface area (Å²) in [5.74, 6) is -2.39. The summed E-state index contributed by atoms with van der Waals surface area (Å²) in [7, 11) is 0. The molecular formula is C21H18FN4O3S+. The molecule has 3 heterocycles. The van der Waals surface area contributed by atoms with Crippen LogP contribution in [0.25, 0.3) is 5.76 Å². The quantitative estimate of drug-likeness (QED) is 0.393. The highest BCUT2D eigenvalue weighted by Gasteiger charge is 2.49. The summed E-state index contributed by atoms with van der Waals surface area (Å²) in [5, 5.41) is 20.1. The number of ketones is 1. The molecule has 0 spiro atoms. The number of benzene rings is 1. The van der Waals surface area contributed by atoms with Gasteiger partial charge in [-0.2, -0.15) is 0 Å². The number of amides is 1. The molecule has 1 unspecified atom stereocenters. The number of hydrogen-bond donors (Lipinski definition) is 1. The highest BCUT2D eigenvalue weighted by Crippen LogP contribution is 2.43. The van der Waals surface area contributed by atoms with Gasteiger partial charge in [-0.1, -0.05) is 25.2 Å². The van der Waals surface area contributed by atoms with Crippen LogP contribution in [0.15, 0.2) is 54.4 Å². The molecule has 1 fully saturated rings. The number of aliphatic hydroxyl groups excluding tert-OH is 1. The van der Waals surface area contributed by atoms with E-state index in [1.165, 1.54) is 40.5 Å². The van der Waals surface area contributed by atoms with Gasteiger partial charge in [-0.25, -0.2) is 9.37 Å². The fourth-order valence-electron chi connectivity index (χ4n) is 3.24. The number of carbonyl (C=O) groups is 2. The lowest BCUT2D eigenvalue weighted by Crippen LogP contribution is -2.29. The molecule has 3 aromatic rings. The average molecular weight is 425 g/mol. The Bertz CT molecular complexity index is 1140. The van der Waals surface area contributed by atoms with Crippen molar-refractivity contribution in [3.63, 3.8) is 0 Å². The summed E-state index contributed by atoms with van der Waals surface area (Å²) in [6, 6.07) is 7.63. The van der Waals surface area contributed by atoms with Crippen molar-refractivity contribution in [2.45, 2.75) is 25.8 Å². The number of aromatic amines is 1. The smallest absolute Gasteiger partial charge is 0.301 e. The monoisotopic (exact) mass is 425 g/mol. The van der Waals surface area contributed by atoms with Crippen LogP contribution >= 0.6 is 11.3 Å². The zero-order chi connectivity index (χ0) is 21.4. The second-order valence-corrected chi connectivity index (χ2v) is 8.08. The zero-order valence-corrected chi connectivity index (χ0v) is 17.0. The van der Waals surface area contributed by atoms with Crippen molar-refractivity contribution >= 4 is 33.9 Å². The van der Waals surface area contributed by atoms with Gasteiger partial charge in [-0.3, -0.25) is 14.5 Å². The third-order valence-electron chi connectivity index (χ3n) is 4.74. The number of nitrogens with one attached hydrogen (secondary N) is 1. The van der Waals surface area contributed by atoms with Crippen molar-refractivity contribution in [3.8, 4) is 0 Å². The van der Waals surface area contributed by atoms with E-state index in [4.69, 9.17) is 0 Å². The van der Waals surface area contributed by atoms with Gasteiger partial charge in [0.1, 0.15) is 22.6 Å². The first kappa shape index (κ1) is 19.8. The van der Waals surface area contributed by atoms with E-state index < -0.39 is 23.5 Å². The predicted molar refractivity (Wildman–Crippen MR) is 108 cm³/mol. The van der Waals surface area contributed by atoms with E-state index >= 15 is 0 Å². The van der Waals surface area contributed by atoms with Crippen molar-refractivity contribution in [2.75, 3.05) is 4.90 Å². The summed E-state index contributed by atoms with van der Waals surface area (Å²) in [5.41, 5.74) is 0.730. The van der Waals surface area contributed by atoms with Crippen molar-refractivity contribution in [1.29, 1.82) is 0 Å². The first-order valence-corrected chi connectivity index (χ1v) is 10.1. The molecule has 1 aromatic carbocycles. The number of aliphatic hydroxyl groups is 1. The largest absolute Gasteiger partial charge is 0.507 e. The lowest BCUT2D eigenvalue weighted by Gasteiger charge is -2.21. The second kappa shape index (κ2) is 7.75. The highest BCUT2D eigenvalue weighted by molar-refractivity contribution is 7.15. The maximum atomic E-state index is 13.3. The van der Waals surface area contributed by atoms with Crippen LogP contribution in [0.5, 0.6) is 0 Å². The van der Waals surface area contributed by atoms with Crippen LogP contribution in [0.2, 0.25) is 0 Å². The van der Waals surface area contributed by atoms with Crippen LogP contribution in [0, 0.1) is 5.82 Å². The van der Waals surface area contributed by atoms with Crippen LogP contribution in [-0.4, -0.2) is 27.0 Å². The molecule has 0 saturated carbocycles. The molecule has 1 atom stereocenters. The number of halogens is 1. The van der Waals surface area contributed by atoms with Gasteiger partial charge < -0.3 is 5.11 Å². The number of H-pyrrole nitrogens is 1. The molecular weight excluding hydrogens is 407 g/mol. The molecule has 7 nitrogen and oxygen atoms in total. The number of anilines is 1. The number of hydrogen-bond acceptors (Lipinski definition) is 6. The highest BCUT2D eigenvalue weighted by atomic mass is 32.1. The lowest BCUT2D eigenvalue weighted by atomic mass is 9.96. The van der Waals surface area contributed by atoms with E-state index in [0.717, 1.165) is 5.01 Å². The summed E-state index contributed by atoms with van der Waals surface area (Å²) in [4.78, 5) is 30.1. The molecule has 0 radical (unpaired) electrons. The van der Waals surface area contributed by atoms with Crippen LogP contribution in [0.1, 0.15) is 41.9 Å². The maximum absolute atomic E-state index is 13.3. The van der Waals surface area contributed by atoms with Gasteiger partial charge in [0, 0.05) is 23.1 Å². The van der Waals surface area contributed by atoms with Crippen molar-refractivity contribution in [2.24, 2.45) is 0 Å². The molecule has 1 aliphatic heterocycles. The lowest BCUT2D eigenvalue weighted by molar-refractivity contribution is -0.378. The van der Waals surface area contributed by atoms with Crippen LogP contribution in [-0.2, 0) is 9.59 Å². The molecule has 2 N–H and O–H groups in total. The standard InChI is InChI=1S/C21H17FN4O3S/c1-11(2)19-24-25-21(30-19)26-16(13-4-3-9-23-10-13)15(18(28)20(26)29)17(27)12-5-7-14(22)8-6-12/h3-11,16,27H,1-2H3/p+1. The van der Waals surface area contributed by atoms with E-state index in [9.17, 15) is 19.1 Å². The minimum atomic E-state index is -0.902. The Morgan fingerprint density at radius 3 is 2.53 bits per heavy atom. The van der Waals surface area contributed by atoms with Crippen molar-refractivity contribution in [1.82, 2.24) is 10.2 Å². The van der Waals surface area contributed by atoms with Gasteiger partial charge in [0.25, 0.3) is 5.78 Å². The molecule has 0 aliphatic carbocycles. The summed E-state index contributed by atoms with van der Waals surface area (Å²) < 4.78 is 13.3. The molecule has 0 bridgehead atoms. The Morgan fingerprint density at radius 1 is 1.20 bits per heavy atom. The van der Waals surface area contributed by atoms with Gasteiger partial charge in [0.05, 0.1) is 5.57 Å². The number of carbonyl (C=O) groups excluding carboxylic acids is 2. The van der Waals surface area contributed by atoms with Crippen LogP contribution in [0.4, 0.5) is 9.52 Å². The van der Waals surface area contributed by atoms with Gasteiger partial charge in [0.15, 0.2) is 12.4 Å². The van der Waals surface area contributed by atoms with Crippen LogP contribution < -0.4 is 9.88 Å². The zero-order valence-electron chi connectivity index (χ0n) is 16.2. The van der Waals surface area contributed by atoms with Crippen LogP contribution in [0.3, 0.4) is 0 Å². The summed E-state index contributed by atoms with van der Waals surface area (Å²) >= 11 is 1.22. The summed E-state index contributed by atoms with van der Waals surface area (Å²) in [6.45, 7) is 3.91. The Balaban J connectivity index is 1.91. The number of rotatable bonds is 4. The Hall–Kier alpha value is -3.46. The first-order valence-electron chi connectivity index (χ1n) is 9.25. The molecule has 1 aliphatic rings. The molecule has 30 heavy (non-hydrogen) atoms. The fraction of sp³-hybridized carbons (Fsp3) is 0.190. The van der Waals surface area contributed by atoms with Crippen molar-refractivity contribution in [3.05, 3.63) is 76.3 Å². The minimum Gasteiger partial charge on any atom is -0.507 e. The van der Waals surface area contributed by atoms with Gasteiger partial charge in [-0.05, 0) is 30.3 Å². The second-order valence-electron chi connectivity index (χ2n) is 7.09. The van der Waals surface area contributed by atoms with E-state index in [1.54, 1.807) is 24.5 Å². The van der Waals surface area contributed by atoms with E-state index in [1.807, 2.05) is 13.8 Å². The third-order valence-corrected chi connectivity index (χ3v) is 5.96. The molecule has 152 valence electrons. The molecule has 1 saturated heterocycles. The number of aromatic nitrogens is 3. The normalized spacial score (nSPS) is 18.4. The first-order chi connectivity index (χ1) is 14.4. The Kier molecular flexibility index (Phi) is 5.13. The molecule has 9 heteroatoms. The number of Topliss-reactive ketones (excluding diaryl/α,β-unsaturated/α-hetero) is 1. The molecule has 4 rings (SSSR count). The number of nitrogens with zero attached hydrogens (tertiary/aromatic N) is 3. The number of pyridine rings is 1. The van der Waals surface area contributed by atoms with Gasteiger partial charge in [-0.15, -0.1) is 10.2 Å². The fourth-order valence-corrected chi connectivity index (χ4v) is 4.12. The average Bonchev–Trinajstić information content (AvgIpc) is 3.32. The Labute approximate surface area is 175 Å². The van der Waals surface area contributed by atoms with E-state index in [2.05, 4.69) is 15.2 Å². The van der Waals surface area contributed by atoms with Crippen molar-refractivity contribution < 1.29 is 24.1 Å². The summed E-state index contributed by atoms with van der Waals surface area (Å²) in [6.07, 6.45) is 3.34. The van der Waals surface area contributed by atoms with E-state index in [0.29, 0.717) is 5.56 Å². The Morgan fingerprint density at radius 2 is 1.93 bits per heavy atom. The maximum Gasteiger partial charge on any atom is 0.301 e.